The first kappa shape index (κ1) is 20.1. The normalized spacial score (nSPS) is 14.9. The summed E-state index contributed by atoms with van der Waals surface area (Å²) in [6.45, 7) is 0. The number of carbonyl (C=O) groups is 2. The van der Waals surface area contributed by atoms with Gasteiger partial charge in [-0.05, 0) is 30.3 Å². The molecule has 2 amide bonds. The van der Waals surface area contributed by atoms with E-state index in [-0.39, 0.29) is 29.4 Å². The van der Waals surface area contributed by atoms with Gasteiger partial charge in [0.05, 0.1) is 24.3 Å². The number of halogens is 1. The predicted molar refractivity (Wildman–Crippen MR) is 112 cm³/mol. The van der Waals surface area contributed by atoms with E-state index in [4.69, 9.17) is 4.74 Å². The zero-order chi connectivity index (χ0) is 22.0. The van der Waals surface area contributed by atoms with E-state index in [2.05, 4.69) is 25.9 Å². The Morgan fingerprint density at radius 2 is 2.00 bits per heavy atom. The van der Waals surface area contributed by atoms with E-state index in [0.29, 0.717) is 11.4 Å². The van der Waals surface area contributed by atoms with Gasteiger partial charge < -0.3 is 20.7 Å². The van der Waals surface area contributed by atoms with Crippen molar-refractivity contribution in [2.75, 3.05) is 23.1 Å². The molecular formula is C21H18FN5O4. The summed E-state index contributed by atoms with van der Waals surface area (Å²) in [6, 6.07) is 12.4. The van der Waals surface area contributed by atoms with Crippen LogP contribution >= 0.6 is 0 Å². The van der Waals surface area contributed by atoms with Crippen molar-refractivity contribution in [3.63, 3.8) is 0 Å². The molecule has 2 heterocycles. The summed E-state index contributed by atoms with van der Waals surface area (Å²) in [5, 5.41) is 8.01. The number of aromatic amines is 1. The Labute approximate surface area is 175 Å². The largest absolute Gasteiger partial charge is 0.495 e. The molecular weight excluding hydrogens is 405 g/mol. The number of carbonyl (C=O) groups excluding carboxylic acids is 2. The van der Waals surface area contributed by atoms with Gasteiger partial charge in [-0.2, -0.15) is 4.98 Å². The van der Waals surface area contributed by atoms with Crippen molar-refractivity contribution in [3.8, 4) is 5.75 Å². The molecule has 0 bridgehead atoms. The van der Waals surface area contributed by atoms with E-state index in [0.717, 1.165) is 6.07 Å². The summed E-state index contributed by atoms with van der Waals surface area (Å²) in [6.07, 6.45) is -0.238. The summed E-state index contributed by atoms with van der Waals surface area (Å²) in [7, 11) is 1.51. The first-order valence-electron chi connectivity index (χ1n) is 9.35. The number of hydrogen-bond donors (Lipinski definition) is 4. The molecule has 0 aliphatic carbocycles. The third-order valence-electron chi connectivity index (χ3n) is 4.72. The molecule has 1 atom stereocenters. The first-order chi connectivity index (χ1) is 14.9. The van der Waals surface area contributed by atoms with E-state index in [1.54, 1.807) is 24.3 Å². The van der Waals surface area contributed by atoms with Crippen LogP contribution in [0.4, 0.5) is 27.5 Å². The molecule has 0 saturated heterocycles. The van der Waals surface area contributed by atoms with E-state index in [9.17, 15) is 18.8 Å². The maximum absolute atomic E-state index is 13.4. The first-order valence-corrected chi connectivity index (χ1v) is 9.35. The number of amides is 2. The van der Waals surface area contributed by atoms with Crippen molar-refractivity contribution in [2.24, 2.45) is 0 Å². The zero-order valence-electron chi connectivity index (χ0n) is 16.4. The van der Waals surface area contributed by atoms with Crippen molar-refractivity contribution < 1.29 is 18.7 Å². The Balaban J connectivity index is 1.65. The van der Waals surface area contributed by atoms with Crippen LogP contribution in [0.1, 0.15) is 17.9 Å². The van der Waals surface area contributed by atoms with Gasteiger partial charge >= 0.3 is 0 Å². The van der Waals surface area contributed by atoms with Crippen LogP contribution in [-0.2, 0) is 9.59 Å². The van der Waals surface area contributed by atoms with Crippen LogP contribution in [0, 0.1) is 5.82 Å². The Hall–Kier alpha value is -4.21. The van der Waals surface area contributed by atoms with E-state index >= 15 is 0 Å². The second kappa shape index (κ2) is 8.27. The summed E-state index contributed by atoms with van der Waals surface area (Å²) in [5.41, 5.74) is 0.216. The van der Waals surface area contributed by atoms with Gasteiger partial charge in [-0.1, -0.05) is 18.2 Å². The standard InChI is InChI=1S/C21H18FN5O4/c1-31-15-8-3-2-7-14(15)24-21-26-18-17(20(30)27-21)13(10-16(28)25-18)19(29)23-12-6-4-5-11(22)9-12/h2-9,13H,10H2,1H3,(H,23,29)(H3,24,25,26,27,28,30). The van der Waals surface area contributed by atoms with Crippen LogP contribution < -0.4 is 26.2 Å². The minimum atomic E-state index is -1.08. The molecule has 1 unspecified atom stereocenters. The van der Waals surface area contributed by atoms with Crippen LogP contribution in [0.25, 0.3) is 0 Å². The fourth-order valence-corrected chi connectivity index (χ4v) is 3.33. The number of H-pyrrole nitrogens is 1. The van der Waals surface area contributed by atoms with E-state index < -0.39 is 29.1 Å². The Bertz CT molecular complexity index is 1230. The van der Waals surface area contributed by atoms with Crippen LogP contribution in [0.3, 0.4) is 0 Å². The maximum atomic E-state index is 13.4. The number of anilines is 4. The third kappa shape index (κ3) is 4.22. The monoisotopic (exact) mass is 423 g/mol. The Morgan fingerprint density at radius 3 is 2.77 bits per heavy atom. The van der Waals surface area contributed by atoms with Crippen molar-refractivity contribution in [1.29, 1.82) is 0 Å². The molecule has 0 saturated carbocycles. The van der Waals surface area contributed by atoms with E-state index in [1.807, 2.05) is 0 Å². The summed E-state index contributed by atoms with van der Waals surface area (Å²) >= 11 is 0. The number of fused-ring (bicyclic) bond motifs is 1. The second-order valence-electron chi connectivity index (χ2n) is 6.81. The maximum Gasteiger partial charge on any atom is 0.258 e. The molecule has 1 aliphatic rings. The molecule has 0 spiro atoms. The number of methoxy groups -OCH3 is 1. The smallest absolute Gasteiger partial charge is 0.258 e. The molecule has 2 aromatic carbocycles. The van der Waals surface area contributed by atoms with Gasteiger partial charge in [0.25, 0.3) is 5.56 Å². The van der Waals surface area contributed by atoms with Crippen molar-refractivity contribution in [2.45, 2.75) is 12.3 Å². The number of rotatable bonds is 5. The third-order valence-corrected chi connectivity index (χ3v) is 4.72. The molecule has 158 valence electrons. The highest BCUT2D eigenvalue weighted by Gasteiger charge is 2.34. The predicted octanol–water partition coefficient (Wildman–Crippen LogP) is 2.73. The van der Waals surface area contributed by atoms with Gasteiger partial charge in [0.15, 0.2) is 0 Å². The van der Waals surface area contributed by atoms with Gasteiger partial charge in [0, 0.05) is 12.1 Å². The summed E-state index contributed by atoms with van der Waals surface area (Å²) in [5.74, 6) is -2.10. The van der Waals surface area contributed by atoms with Gasteiger partial charge in [-0.25, -0.2) is 4.39 Å². The van der Waals surface area contributed by atoms with Crippen LogP contribution in [-0.4, -0.2) is 28.9 Å². The molecule has 9 nitrogen and oxygen atoms in total. The number of nitrogens with one attached hydrogen (secondary N) is 4. The number of aromatic nitrogens is 2. The average Bonchev–Trinajstić information content (AvgIpc) is 2.73. The van der Waals surface area contributed by atoms with Crippen LogP contribution in [0.15, 0.2) is 53.3 Å². The number of benzene rings is 2. The topological polar surface area (TPSA) is 125 Å². The molecule has 0 radical (unpaired) electrons. The number of ether oxygens (including phenoxy) is 1. The SMILES string of the molecule is COc1ccccc1Nc1nc2c(c(=O)[nH]1)C(C(=O)Nc1cccc(F)c1)CC(=O)N2. The highest BCUT2D eigenvalue weighted by molar-refractivity contribution is 6.04. The second-order valence-corrected chi connectivity index (χ2v) is 6.81. The minimum Gasteiger partial charge on any atom is -0.495 e. The fraction of sp³-hybridized carbons (Fsp3) is 0.143. The Morgan fingerprint density at radius 1 is 1.19 bits per heavy atom. The van der Waals surface area contributed by atoms with Crippen LogP contribution in [0.5, 0.6) is 5.75 Å². The molecule has 1 aromatic heterocycles. The number of hydrogen-bond acceptors (Lipinski definition) is 6. The molecule has 0 fully saturated rings. The molecule has 4 rings (SSSR count). The fourth-order valence-electron chi connectivity index (χ4n) is 3.33. The van der Waals surface area contributed by atoms with Crippen molar-refractivity contribution in [3.05, 3.63) is 70.3 Å². The van der Waals surface area contributed by atoms with Gasteiger partial charge in [-0.3, -0.25) is 19.4 Å². The minimum absolute atomic E-state index is 0.0169. The summed E-state index contributed by atoms with van der Waals surface area (Å²) < 4.78 is 18.7. The average molecular weight is 423 g/mol. The lowest BCUT2D eigenvalue weighted by atomic mass is 9.92. The lowest BCUT2D eigenvalue weighted by Crippen LogP contribution is -2.36. The number of nitrogens with zero attached hydrogens (tertiary/aromatic N) is 1. The highest BCUT2D eigenvalue weighted by Crippen LogP contribution is 2.31. The molecule has 3 aromatic rings. The molecule has 4 N–H and O–H groups in total. The van der Waals surface area contributed by atoms with Gasteiger partial charge in [0.2, 0.25) is 17.8 Å². The van der Waals surface area contributed by atoms with Crippen molar-refractivity contribution in [1.82, 2.24) is 9.97 Å². The van der Waals surface area contributed by atoms with Gasteiger partial charge in [-0.15, -0.1) is 0 Å². The quantitative estimate of drug-likeness (QED) is 0.500. The zero-order valence-corrected chi connectivity index (χ0v) is 16.4. The van der Waals surface area contributed by atoms with Gasteiger partial charge in [0.1, 0.15) is 17.4 Å². The summed E-state index contributed by atoms with van der Waals surface area (Å²) in [4.78, 5) is 44.6. The van der Waals surface area contributed by atoms with E-state index in [1.165, 1.54) is 25.3 Å². The lowest BCUT2D eigenvalue weighted by molar-refractivity contribution is -0.123. The molecule has 10 heteroatoms. The molecule has 31 heavy (non-hydrogen) atoms. The highest BCUT2D eigenvalue weighted by atomic mass is 19.1. The molecule has 1 aliphatic heterocycles. The lowest BCUT2D eigenvalue weighted by Gasteiger charge is -2.23. The van der Waals surface area contributed by atoms with Crippen LogP contribution in [0.2, 0.25) is 0 Å². The van der Waals surface area contributed by atoms with Crippen molar-refractivity contribution >= 4 is 35.0 Å². The Kier molecular flexibility index (Phi) is 5.35. The number of para-hydroxylation sites is 2.